The van der Waals surface area contributed by atoms with Gasteiger partial charge in [-0.05, 0) is 38.1 Å². The molecule has 26 heavy (non-hydrogen) atoms. The van der Waals surface area contributed by atoms with Crippen LogP contribution in [-0.4, -0.2) is 35.9 Å². The lowest BCUT2D eigenvalue weighted by atomic mass is 9.93. The van der Waals surface area contributed by atoms with Gasteiger partial charge in [-0.25, -0.2) is 0 Å². The van der Waals surface area contributed by atoms with Crippen molar-refractivity contribution in [2.24, 2.45) is 5.92 Å². The van der Waals surface area contributed by atoms with Gasteiger partial charge in [0, 0.05) is 17.3 Å². The number of carbonyl (C=O) groups is 3. The van der Waals surface area contributed by atoms with E-state index in [-0.39, 0.29) is 18.8 Å². The number of hydrogen-bond donors (Lipinski definition) is 0. The number of ether oxygens (including phenoxy) is 2. The third kappa shape index (κ3) is 4.66. The van der Waals surface area contributed by atoms with Crippen LogP contribution in [0.1, 0.15) is 25.1 Å². The largest absolute Gasteiger partial charge is 0.472 e. The number of esters is 2. The van der Waals surface area contributed by atoms with Gasteiger partial charge in [-0.2, -0.15) is 0 Å². The van der Waals surface area contributed by atoms with Gasteiger partial charge in [0.15, 0.2) is 5.78 Å². The molecule has 0 amide bonds. The van der Waals surface area contributed by atoms with Crippen LogP contribution in [0.25, 0.3) is 11.6 Å². The molecule has 0 radical (unpaired) electrons. The number of Topliss-reactive ketones (excluding diaryl/α,β-unsaturated/α-hetero) is 1. The minimum Gasteiger partial charge on any atom is -0.472 e. The van der Waals surface area contributed by atoms with E-state index in [2.05, 4.69) is 4.98 Å². The van der Waals surface area contributed by atoms with Crippen molar-refractivity contribution in [3.63, 3.8) is 0 Å². The van der Waals surface area contributed by atoms with E-state index in [0.717, 1.165) is 0 Å². The molecule has 7 heteroatoms. The van der Waals surface area contributed by atoms with Crippen molar-refractivity contribution in [2.45, 2.75) is 13.8 Å². The van der Waals surface area contributed by atoms with Crippen LogP contribution < -0.4 is 0 Å². The van der Waals surface area contributed by atoms with E-state index < -0.39 is 23.6 Å². The first-order valence-corrected chi connectivity index (χ1v) is 8.11. The molecule has 2 rings (SSSR count). The predicted octanol–water partition coefficient (Wildman–Crippen LogP) is 2.53. The average Bonchev–Trinajstić information content (AvgIpc) is 3.14. The maximum absolute atomic E-state index is 13.1. The van der Waals surface area contributed by atoms with Crippen LogP contribution in [0.15, 0.2) is 47.4 Å². The zero-order valence-electron chi connectivity index (χ0n) is 14.5. The minimum atomic E-state index is -1.71. The second-order valence-corrected chi connectivity index (χ2v) is 5.13. The highest BCUT2D eigenvalue weighted by molar-refractivity contribution is 6.35. The monoisotopic (exact) mass is 357 g/mol. The number of aromatic nitrogens is 1. The summed E-state index contributed by atoms with van der Waals surface area (Å²) in [6.07, 6.45) is 5.88. The molecule has 0 aromatic carbocycles. The molecular formula is C19H19NO6. The van der Waals surface area contributed by atoms with Crippen LogP contribution >= 0.6 is 0 Å². The molecular weight excluding hydrogens is 338 g/mol. The summed E-state index contributed by atoms with van der Waals surface area (Å²) in [4.78, 5) is 41.7. The summed E-state index contributed by atoms with van der Waals surface area (Å²) in [5.74, 6) is -4.37. The number of rotatable bonds is 8. The Morgan fingerprint density at radius 3 is 2.31 bits per heavy atom. The number of furan rings is 1. The molecule has 0 aliphatic heterocycles. The minimum absolute atomic E-state index is 0.0341. The van der Waals surface area contributed by atoms with Gasteiger partial charge in [-0.15, -0.1) is 0 Å². The highest BCUT2D eigenvalue weighted by Crippen LogP contribution is 2.23. The van der Waals surface area contributed by atoms with Gasteiger partial charge in [0.2, 0.25) is 5.92 Å². The Morgan fingerprint density at radius 1 is 1.12 bits per heavy atom. The second-order valence-electron chi connectivity index (χ2n) is 5.13. The van der Waals surface area contributed by atoms with E-state index in [1.54, 1.807) is 38.1 Å². The molecule has 2 aromatic rings. The molecule has 0 saturated heterocycles. The molecule has 0 fully saturated rings. The lowest BCUT2D eigenvalue weighted by Gasteiger charge is -2.15. The maximum atomic E-state index is 13.1. The molecule has 0 bridgehead atoms. The number of hydrogen-bond acceptors (Lipinski definition) is 7. The molecule has 2 heterocycles. The highest BCUT2D eigenvalue weighted by atomic mass is 16.6. The SMILES string of the molecule is CCOC(=O)C(C(=O)OCC)C(=O)C(=Cc1ccoc1)c1ccccn1. The van der Waals surface area contributed by atoms with Crippen molar-refractivity contribution in [1.82, 2.24) is 4.98 Å². The van der Waals surface area contributed by atoms with Crippen molar-refractivity contribution in [1.29, 1.82) is 0 Å². The molecule has 0 N–H and O–H groups in total. The van der Waals surface area contributed by atoms with Crippen LogP contribution in [-0.2, 0) is 23.9 Å². The fraction of sp³-hybridized carbons (Fsp3) is 0.263. The molecule has 0 aliphatic carbocycles. The van der Waals surface area contributed by atoms with Crippen molar-refractivity contribution >= 4 is 29.4 Å². The fourth-order valence-corrected chi connectivity index (χ4v) is 2.23. The maximum Gasteiger partial charge on any atom is 0.328 e. The third-order valence-electron chi connectivity index (χ3n) is 3.37. The molecule has 0 atom stereocenters. The van der Waals surface area contributed by atoms with E-state index in [9.17, 15) is 14.4 Å². The number of carbonyl (C=O) groups excluding carboxylic acids is 3. The van der Waals surface area contributed by atoms with Gasteiger partial charge < -0.3 is 13.9 Å². The Kier molecular flexibility index (Phi) is 6.84. The zero-order chi connectivity index (χ0) is 18.9. The Morgan fingerprint density at radius 2 is 1.81 bits per heavy atom. The number of pyridine rings is 1. The van der Waals surface area contributed by atoms with Crippen molar-refractivity contribution in [3.8, 4) is 0 Å². The van der Waals surface area contributed by atoms with E-state index in [1.165, 1.54) is 24.8 Å². The topological polar surface area (TPSA) is 95.7 Å². The first-order valence-electron chi connectivity index (χ1n) is 8.11. The molecule has 2 aromatic heterocycles. The van der Waals surface area contributed by atoms with Crippen molar-refractivity contribution < 1.29 is 28.3 Å². The van der Waals surface area contributed by atoms with Crippen molar-refractivity contribution in [3.05, 3.63) is 54.2 Å². The molecule has 7 nitrogen and oxygen atoms in total. The summed E-state index contributed by atoms with van der Waals surface area (Å²) in [6.45, 7) is 3.25. The fourth-order valence-electron chi connectivity index (χ4n) is 2.23. The lowest BCUT2D eigenvalue weighted by Crippen LogP contribution is -2.35. The van der Waals surface area contributed by atoms with E-state index in [0.29, 0.717) is 11.3 Å². The Hall–Kier alpha value is -3.22. The molecule has 136 valence electrons. The van der Waals surface area contributed by atoms with Crippen molar-refractivity contribution in [2.75, 3.05) is 13.2 Å². The van der Waals surface area contributed by atoms with Gasteiger partial charge in [0.25, 0.3) is 0 Å². The Bertz CT molecular complexity index is 762. The first-order chi connectivity index (χ1) is 12.6. The molecule has 0 spiro atoms. The van der Waals surface area contributed by atoms with Crippen LogP contribution in [0.5, 0.6) is 0 Å². The van der Waals surface area contributed by atoms with Gasteiger partial charge in [0.05, 0.1) is 31.4 Å². The first kappa shape index (κ1) is 19.1. The lowest BCUT2D eigenvalue weighted by molar-refractivity contribution is -0.162. The standard InChI is InChI=1S/C19H19NO6/c1-3-25-18(22)16(19(23)26-4-2)17(21)14(11-13-8-10-24-12-13)15-7-5-6-9-20-15/h5-12,16H,3-4H2,1-2H3. The van der Waals surface area contributed by atoms with Gasteiger partial charge >= 0.3 is 11.9 Å². The summed E-state index contributed by atoms with van der Waals surface area (Å²) >= 11 is 0. The number of allylic oxidation sites excluding steroid dienone is 1. The van der Waals surface area contributed by atoms with Gasteiger partial charge in [-0.3, -0.25) is 19.4 Å². The summed E-state index contributed by atoms with van der Waals surface area (Å²) in [7, 11) is 0. The third-order valence-corrected chi connectivity index (χ3v) is 3.37. The zero-order valence-corrected chi connectivity index (χ0v) is 14.5. The van der Waals surface area contributed by atoms with Crippen LogP contribution in [0.2, 0.25) is 0 Å². The summed E-state index contributed by atoms with van der Waals surface area (Å²) in [5, 5.41) is 0. The molecule has 0 saturated carbocycles. The Labute approximate surface area is 150 Å². The summed E-state index contributed by atoms with van der Waals surface area (Å²) in [6, 6.07) is 6.64. The van der Waals surface area contributed by atoms with Gasteiger partial charge in [0.1, 0.15) is 0 Å². The number of ketones is 1. The van der Waals surface area contributed by atoms with E-state index in [4.69, 9.17) is 13.9 Å². The number of nitrogens with zero attached hydrogens (tertiary/aromatic N) is 1. The van der Waals surface area contributed by atoms with Crippen LogP contribution in [0, 0.1) is 5.92 Å². The molecule has 0 unspecified atom stereocenters. The summed E-state index contributed by atoms with van der Waals surface area (Å²) in [5.41, 5.74) is 0.987. The van der Waals surface area contributed by atoms with E-state index in [1.807, 2.05) is 0 Å². The predicted molar refractivity (Wildman–Crippen MR) is 92.6 cm³/mol. The Balaban J connectivity index is 2.48. The summed E-state index contributed by atoms with van der Waals surface area (Å²) < 4.78 is 14.8. The van der Waals surface area contributed by atoms with Gasteiger partial charge in [-0.1, -0.05) is 6.07 Å². The van der Waals surface area contributed by atoms with Crippen LogP contribution in [0.4, 0.5) is 0 Å². The quantitative estimate of drug-likeness (QED) is 0.407. The smallest absolute Gasteiger partial charge is 0.328 e. The normalized spacial score (nSPS) is 11.3. The van der Waals surface area contributed by atoms with E-state index >= 15 is 0 Å². The average molecular weight is 357 g/mol. The highest BCUT2D eigenvalue weighted by Gasteiger charge is 2.39. The second kappa shape index (κ2) is 9.31. The molecule has 0 aliphatic rings. The van der Waals surface area contributed by atoms with Crippen LogP contribution in [0.3, 0.4) is 0 Å².